The van der Waals surface area contributed by atoms with Crippen LogP contribution in [0.15, 0.2) is 30.5 Å². The maximum atomic E-state index is 13.3. The summed E-state index contributed by atoms with van der Waals surface area (Å²) in [5.41, 5.74) is 2.38. The summed E-state index contributed by atoms with van der Waals surface area (Å²) in [4.78, 5) is 27.6. The summed E-state index contributed by atoms with van der Waals surface area (Å²) >= 11 is 0. The first-order chi connectivity index (χ1) is 14.3. The number of nitrogens with zero attached hydrogens (tertiary/aromatic N) is 4. The van der Waals surface area contributed by atoms with Crippen molar-refractivity contribution < 1.29 is 14.7 Å². The molecule has 1 saturated heterocycles. The molecule has 2 heterocycles. The van der Waals surface area contributed by atoms with Gasteiger partial charge in [-0.25, -0.2) is 4.68 Å². The van der Waals surface area contributed by atoms with Crippen LogP contribution in [0.4, 0.5) is 0 Å². The van der Waals surface area contributed by atoms with E-state index in [1.807, 2.05) is 38.1 Å². The summed E-state index contributed by atoms with van der Waals surface area (Å²) in [5.74, 6) is 1.95. The number of nitrogens with one attached hydrogen (secondary N) is 1. The number of aromatic nitrogens is 3. The zero-order valence-electron chi connectivity index (χ0n) is 17.4. The number of carbonyl (C=O) groups excluding carboxylic acids is 2. The highest BCUT2D eigenvalue weighted by Crippen LogP contribution is 2.26. The minimum absolute atomic E-state index is 0.0604. The number of benzene rings is 1. The maximum absolute atomic E-state index is 13.3. The van der Waals surface area contributed by atoms with Crippen LogP contribution in [-0.4, -0.2) is 55.5 Å². The van der Waals surface area contributed by atoms with Gasteiger partial charge >= 0.3 is 0 Å². The second kappa shape index (κ2) is 9.09. The Labute approximate surface area is 176 Å². The average Bonchev–Trinajstić information content (AvgIpc) is 3.32. The van der Waals surface area contributed by atoms with E-state index < -0.39 is 18.2 Å². The monoisotopic (exact) mass is 409 g/mol. The van der Waals surface area contributed by atoms with E-state index >= 15 is 0 Å². The standard InChI is InChI=1S/C22H27N5O3/c1-5-16-6-8-17(9-7-16)11-23-21(29)19-10-18(28)13-26(19)22(30)20(14(2)3)27-12-15(4)24-25-27/h1,6-9,12,14,18-20,28H,10-11,13H2,2-4H3,(H,23,29)/t18-,19+,20+/m1/s1. The molecular weight excluding hydrogens is 382 g/mol. The summed E-state index contributed by atoms with van der Waals surface area (Å²) in [5, 5.41) is 21.1. The maximum Gasteiger partial charge on any atom is 0.248 e. The molecule has 0 unspecified atom stereocenters. The van der Waals surface area contributed by atoms with Crippen LogP contribution < -0.4 is 5.32 Å². The fourth-order valence-electron chi connectivity index (χ4n) is 3.71. The third kappa shape index (κ3) is 4.69. The summed E-state index contributed by atoms with van der Waals surface area (Å²) in [7, 11) is 0. The Kier molecular flexibility index (Phi) is 6.53. The van der Waals surface area contributed by atoms with Gasteiger partial charge < -0.3 is 15.3 Å². The molecule has 0 aliphatic carbocycles. The number of hydrogen-bond donors (Lipinski definition) is 2. The van der Waals surface area contributed by atoms with Gasteiger partial charge in [-0.3, -0.25) is 9.59 Å². The van der Waals surface area contributed by atoms with E-state index in [2.05, 4.69) is 21.5 Å². The quantitative estimate of drug-likeness (QED) is 0.695. The van der Waals surface area contributed by atoms with Crippen LogP contribution in [0.3, 0.4) is 0 Å². The fourth-order valence-corrected chi connectivity index (χ4v) is 3.71. The Balaban J connectivity index is 1.72. The molecule has 30 heavy (non-hydrogen) atoms. The van der Waals surface area contributed by atoms with Crippen LogP contribution in [-0.2, 0) is 16.1 Å². The first kappa shape index (κ1) is 21.5. The van der Waals surface area contributed by atoms with Crippen molar-refractivity contribution in [2.24, 2.45) is 5.92 Å². The van der Waals surface area contributed by atoms with Crippen LogP contribution in [0.5, 0.6) is 0 Å². The first-order valence-electron chi connectivity index (χ1n) is 10.0. The predicted molar refractivity (Wildman–Crippen MR) is 111 cm³/mol. The molecule has 0 spiro atoms. The van der Waals surface area contributed by atoms with Gasteiger partial charge in [0, 0.05) is 31.3 Å². The molecule has 8 nitrogen and oxygen atoms in total. The molecule has 3 rings (SSSR count). The molecule has 2 amide bonds. The van der Waals surface area contributed by atoms with E-state index in [1.165, 1.54) is 9.58 Å². The number of aliphatic hydroxyl groups excluding tert-OH is 1. The van der Waals surface area contributed by atoms with Gasteiger partial charge in [0.2, 0.25) is 11.8 Å². The molecular formula is C22H27N5O3. The molecule has 1 aromatic carbocycles. The third-order valence-electron chi connectivity index (χ3n) is 5.25. The van der Waals surface area contributed by atoms with Gasteiger partial charge in [0.1, 0.15) is 12.1 Å². The molecule has 1 aliphatic heterocycles. The Morgan fingerprint density at radius 1 is 1.33 bits per heavy atom. The minimum atomic E-state index is -0.745. The lowest BCUT2D eigenvalue weighted by Gasteiger charge is -2.29. The molecule has 0 saturated carbocycles. The molecule has 3 atom stereocenters. The van der Waals surface area contributed by atoms with E-state index in [4.69, 9.17) is 6.42 Å². The van der Waals surface area contributed by atoms with Gasteiger partial charge in [0.15, 0.2) is 0 Å². The number of β-amino-alcohol motifs (C(OH)–C–C–N with tert-alkyl or cyclic N) is 1. The average molecular weight is 409 g/mol. The zero-order chi connectivity index (χ0) is 21.8. The van der Waals surface area contributed by atoms with Crippen LogP contribution in [0, 0.1) is 25.2 Å². The van der Waals surface area contributed by atoms with Gasteiger partial charge in [-0.05, 0) is 30.5 Å². The second-order valence-corrected chi connectivity index (χ2v) is 7.98. The van der Waals surface area contributed by atoms with Crippen molar-refractivity contribution in [1.29, 1.82) is 0 Å². The number of carbonyl (C=O) groups is 2. The van der Waals surface area contributed by atoms with Gasteiger partial charge in [0.05, 0.1) is 11.8 Å². The Bertz CT molecular complexity index is 944. The lowest BCUT2D eigenvalue weighted by molar-refractivity contribution is -0.142. The minimum Gasteiger partial charge on any atom is -0.391 e. The van der Waals surface area contributed by atoms with E-state index in [0.717, 1.165) is 11.1 Å². The third-order valence-corrected chi connectivity index (χ3v) is 5.25. The number of terminal acetylenes is 1. The largest absolute Gasteiger partial charge is 0.391 e. The number of amides is 2. The second-order valence-electron chi connectivity index (χ2n) is 7.98. The molecule has 0 bridgehead atoms. The number of likely N-dealkylation sites (tertiary alicyclic amines) is 1. The highest BCUT2D eigenvalue weighted by atomic mass is 16.3. The fraction of sp³-hybridized carbons (Fsp3) is 0.455. The van der Waals surface area contributed by atoms with Gasteiger partial charge in [-0.1, -0.05) is 37.1 Å². The predicted octanol–water partition coefficient (Wildman–Crippen LogP) is 1.04. The summed E-state index contributed by atoms with van der Waals surface area (Å²) in [6.07, 6.45) is 6.53. The molecule has 1 aromatic heterocycles. The summed E-state index contributed by atoms with van der Waals surface area (Å²) < 4.78 is 1.54. The number of hydrogen-bond acceptors (Lipinski definition) is 5. The van der Waals surface area contributed by atoms with Crippen molar-refractivity contribution in [2.45, 2.75) is 51.9 Å². The molecule has 1 fully saturated rings. The highest BCUT2D eigenvalue weighted by molar-refractivity contribution is 5.90. The van der Waals surface area contributed by atoms with Crippen molar-refractivity contribution in [3.63, 3.8) is 0 Å². The van der Waals surface area contributed by atoms with Crippen molar-refractivity contribution in [3.05, 3.63) is 47.3 Å². The van der Waals surface area contributed by atoms with Crippen LogP contribution >= 0.6 is 0 Å². The van der Waals surface area contributed by atoms with E-state index in [9.17, 15) is 14.7 Å². The lowest BCUT2D eigenvalue weighted by atomic mass is 10.0. The smallest absolute Gasteiger partial charge is 0.248 e. The van der Waals surface area contributed by atoms with Crippen LogP contribution in [0.25, 0.3) is 0 Å². The summed E-state index contributed by atoms with van der Waals surface area (Å²) in [6.45, 7) is 6.07. The van der Waals surface area contributed by atoms with E-state index in [0.29, 0.717) is 12.2 Å². The molecule has 2 aromatic rings. The molecule has 1 aliphatic rings. The molecule has 8 heteroatoms. The van der Waals surface area contributed by atoms with Crippen LogP contribution in [0.1, 0.15) is 43.1 Å². The Hall–Kier alpha value is -3.18. The first-order valence-corrected chi connectivity index (χ1v) is 10.0. The SMILES string of the molecule is C#Cc1ccc(CNC(=O)[C@@H]2C[C@@H](O)CN2C(=O)[C@H](C(C)C)n2cc(C)nn2)cc1. The van der Waals surface area contributed by atoms with Crippen LogP contribution in [0.2, 0.25) is 0 Å². The molecule has 0 radical (unpaired) electrons. The molecule has 2 N–H and O–H groups in total. The van der Waals surface area contributed by atoms with Gasteiger partial charge in [0.25, 0.3) is 0 Å². The Morgan fingerprint density at radius 3 is 2.60 bits per heavy atom. The highest BCUT2D eigenvalue weighted by Gasteiger charge is 2.42. The number of rotatable bonds is 6. The van der Waals surface area contributed by atoms with E-state index in [1.54, 1.807) is 13.1 Å². The van der Waals surface area contributed by atoms with Gasteiger partial charge in [-0.2, -0.15) is 0 Å². The van der Waals surface area contributed by atoms with E-state index in [-0.39, 0.29) is 30.7 Å². The topological polar surface area (TPSA) is 100 Å². The number of aryl methyl sites for hydroxylation is 1. The Morgan fingerprint density at radius 2 is 2.03 bits per heavy atom. The number of aliphatic hydroxyl groups is 1. The molecule has 158 valence electrons. The lowest BCUT2D eigenvalue weighted by Crippen LogP contribution is -2.49. The zero-order valence-corrected chi connectivity index (χ0v) is 17.4. The summed E-state index contributed by atoms with van der Waals surface area (Å²) in [6, 6.07) is 5.99. The van der Waals surface area contributed by atoms with Gasteiger partial charge in [-0.15, -0.1) is 11.5 Å². The van der Waals surface area contributed by atoms with Crippen molar-refractivity contribution >= 4 is 11.8 Å². The van der Waals surface area contributed by atoms with Crippen molar-refractivity contribution in [1.82, 2.24) is 25.2 Å². The normalized spacial score (nSPS) is 19.5. The van der Waals surface area contributed by atoms with Crippen molar-refractivity contribution in [3.8, 4) is 12.3 Å². The van der Waals surface area contributed by atoms with Crippen molar-refractivity contribution in [2.75, 3.05) is 6.54 Å².